The number of nitrogens with zero attached hydrogens (tertiary/aromatic N) is 7. The lowest BCUT2D eigenvalue weighted by Gasteiger charge is -2.35. The average molecular weight is 659 g/mol. The number of phenols is 1. The maximum atomic E-state index is 15.0. The number of primary amides is 1. The smallest absolute Gasteiger partial charge is 0.318 e. The fourth-order valence-electron chi connectivity index (χ4n) is 8.40. The number of alkyl halides is 1. The number of rotatable bonds is 7. The Bertz CT molecular complexity index is 1920. The summed E-state index contributed by atoms with van der Waals surface area (Å²) in [5.74, 6) is 0.0495. The van der Waals surface area contributed by atoms with Crippen LogP contribution in [0.1, 0.15) is 65.6 Å². The third-order valence-corrected chi connectivity index (χ3v) is 10.6. The van der Waals surface area contributed by atoms with Crippen molar-refractivity contribution in [1.29, 1.82) is 0 Å². The van der Waals surface area contributed by atoms with Crippen LogP contribution >= 0.6 is 0 Å². The van der Waals surface area contributed by atoms with Crippen LogP contribution in [0.4, 0.5) is 20.3 Å². The van der Waals surface area contributed by atoms with E-state index >= 15 is 4.39 Å². The topological polar surface area (TPSA) is 126 Å². The number of phenolic OH excluding ortho intramolecular Hbond substituents is 1. The monoisotopic (exact) mass is 658 g/mol. The van der Waals surface area contributed by atoms with Crippen LogP contribution in [0.3, 0.4) is 0 Å². The van der Waals surface area contributed by atoms with Gasteiger partial charge in [0.1, 0.15) is 35.9 Å². The summed E-state index contributed by atoms with van der Waals surface area (Å²) in [7, 11) is 0. The second kappa shape index (κ2) is 11.9. The van der Waals surface area contributed by atoms with Gasteiger partial charge in [0.2, 0.25) is 0 Å². The predicted octanol–water partition coefficient (Wildman–Crippen LogP) is 4.26. The molecule has 0 radical (unpaired) electrons. The highest BCUT2D eigenvalue weighted by Gasteiger charge is 2.49. The van der Waals surface area contributed by atoms with Crippen LogP contribution in [0.15, 0.2) is 30.3 Å². The van der Waals surface area contributed by atoms with Gasteiger partial charge < -0.3 is 25.4 Å². The summed E-state index contributed by atoms with van der Waals surface area (Å²) in [6, 6.07) is 8.53. The molecule has 0 bridgehead atoms. The molecule has 252 valence electrons. The van der Waals surface area contributed by atoms with Gasteiger partial charge in [-0.3, -0.25) is 14.4 Å². The molecule has 2 aromatic carbocycles. The molecule has 0 spiro atoms. The maximum Gasteiger partial charge on any atom is 0.318 e. The average Bonchev–Trinajstić information content (AvgIpc) is 3.70. The predicted molar refractivity (Wildman–Crippen MR) is 177 cm³/mol. The Kier molecular flexibility index (Phi) is 7.61. The molecule has 2 atom stereocenters. The Morgan fingerprint density at radius 2 is 1.98 bits per heavy atom. The van der Waals surface area contributed by atoms with Gasteiger partial charge in [-0.05, 0) is 67.8 Å². The zero-order chi connectivity index (χ0) is 33.2. The molecule has 0 unspecified atom stereocenters. The highest BCUT2D eigenvalue weighted by molar-refractivity contribution is 5.98. The van der Waals surface area contributed by atoms with Crippen LogP contribution in [0.2, 0.25) is 0 Å². The van der Waals surface area contributed by atoms with Crippen molar-refractivity contribution < 1.29 is 23.4 Å². The van der Waals surface area contributed by atoms with Crippen LogP contribution < -0.4 is 20.3 Å². The van der Waals surface area contributed by atoms with E-state index in [2.05, 4.69) is 19.8 Å². The first kappa shape index (κ1) is 30.8. The normalized spacial score (nSPS) is 22.4. The highest BCUT2D eigenvalue weighted by Crippen LogP contribution is 2.42. The number of aromatic hydroxyl groups is 1. The molecule has 0 saturated carbocycles. The van der Waals surface area contributed by atoms with Gasteiger partial charge in [0, 0.05) is 55.3 Å². The molecule has 4 aliphatic rings. The van der Waals surface area contributed by atoms with Gasteiger partial charge >= 0.3 is 6.01 Å². The number of nitrogens with two attached hydrogens (primary N) is 1. The first-order chi connectivity index (χ1) is 23.2. The van der Waals surface area contributed by atoms with Crippen molar-refractivity contribution in [1.82, 2.24) is 24.6 Å². The number of carbonyl (C=O) groups excluding carboxylic acids is 1. The molecule has 2 fully saturated rings. The van der Waals surface area contributed by atoms with Crippen molar-refractivity contribution in [2.75, 3.05) is 42.6 Å². The summed E-state index contributed by atoms with van der Waals surface area (Å²) < 4.78 is 37.9. The van der Waals surface area contributed by atoms with Crippen LogP contribution in [-0.4, -0.2) is 80.2 Å². The van der Waals surface area contributed by atoms with Crippen molar-refractivity contribution in [2.24, 2.45) is 5.73 Å². The number of hydrogen-bond acceptors (Lipinski definition) is 9. The van der Waals surface area contributed by atoms with Gasteiger partial charge in [-0.15, -0.1) is 0 Å². The standard InChI is InChI=1S/C35H40F2N8O3/c1-2-25-27(37)6-5-21-13-24(46)15-30(31(21)25)42-12-7-26-29(19-42)39-34(48-20-35-8-3-10-44(35)17-22(36)16-35)40-33(26)43-9-4-11-45-23(18-43)14-28(41-45)32(38)47/h5-6,13-15,22,46H,2-4,7-12,16-20H2,1H3,(H2,38,47)/t22-,35+/m1/s1. The van der Waals surface area contributed by atoms with E-state index in [1.807, 2.05) is 11.6 Å². The number of aromatic nitrogens is 4. The molecule has 48 heavy (non-hydrogen) atoms. The molecule has 6 heterocycles. The van der Waals surface area contributed by atoms with Gasteiger partial charge in [0.05, 0.1) is 30.0 Å². The van der Waals surface area contributed by atoms with Crippen LogP contribution in [0.25, 0.3) is 10.8 Å². The maximum absolute atomic E-state index is 15.0. The van der Waals surface area contributed by atoms with E-state index in [9.17, 15) is 14.3 Å². The second-order valence-corrected chi connectivity index (χ2v) is 13.6. The fourth-order valence-corrected chi connectivity index (χ4v) is 8.40. The summed E-state index contributed by atoms with van der Waals surface area (Å²) in [6.45, 7) is 6.38. The molecule has 4 aliphatic heterocycles. The van der Waals surface area contributed by atoms with E-state index in [0.29, 0.717) is 70.7 Å². The van der Waals surface area contributed by atoms with Crippen molar-refractivity contribution in [3.63, 3.8) is 0 Å². The number of aryl methyl sites for hydroxylation is 2. The first-order valence-electron chi connectivity index (χ1n) is 16.9. The molecule has 0 aliphatic carbocycles. The molecule has 3 N–H and O–H groups in total. The fraction of sp³-hybridized carbons (Fsp3) is 0.486. The molecule has 11 nitrogen and oxygen atoms in total. The van der Waals surface area contributed by atoms with Crippen LogP contribution in [-0.2, 0) is 32.5 Å². The van der Waals surface area contributed by atoms with E-state index in [1.54, 1.807) is 24.3 Å². The van der Waals surface area contributed by atoms with E-state index in [1.165, 1.54) is 6.07 Å². The van der Waals surface area contributed by atoms with E-state index < -0.39 is 12.1 Å². The number of anilines is 2. The molecular formula is C35H40F2N8O3. The van der Waals surface area contributed by atoms with Crippen molar-refractivity contribution in [3.8, 4) is 11.8 Å². The number of halogens is 2. The van der Waals surface area contributed by atoms with Gasteiger partial charge in [-0.2, -0.15) is 15.1 Å². The Hall–Kier alpha value is -4.52. The molecule has 2 saturated heterocycles. The summed E-state index contributed by atoms with van der Waals surface area (Å²) in [4.78, 5) is 28.4. The lowest BCUT2D eigenvalue weighted by atomic mass is 9.95. The van der Waals surface area contributed by atoms with E-state index in [-0.39, 0.29) is 28.8 Å². The van der Waals surface area contributed by atoms with Crippen molar-refractivity contribution in [2.45, 2.75) is 76.8 Å². The first-order valence-corrected chi connectivity index (χ1v) is 16.9. The summed E-state index contributed by atoms with van der Waals surface area (Å²) in [6.07, 6.45) is 3.36. The summed E-state index contributed by atoms with van der Waals surface area (Å²) >= 11 is 0. The number of ether oxygens (including phenoxy) is 1. The highest BCUT2D eigenvalue weighted by atomic mass is 19.1. The number of hydrogen-bond donors (Lipinski definition) is 2. The molecule has 13 heteroatoms. The zero-order valence-electron chi connectivity index (χ0n) is 27.1. The lowest BCUT2D eigenvalue weighted by molar-refractivity contribution is 0.0994. The van der Waals surface area contributed by atoms with Crippen LogP contribution in [0.5, 0.6) is 11.8 Å². The quantitative estimate of drug-likeness (QED) is 0.300. The number of carbonyl (C=O) groups is 1. The number of fused-ring (bicyclic) bond motifs is 4. The molecule has 4 aromatic rings. The lowest BCUT2D eigenvalue weighted by Crippen LogP contribution is -2.43. The largest absolute Gasteiger partial charge is 0.508 e. The minimum absolute atomic E-state index is 0.115. The van der Waals surface area contributed by atoms with Gasteiger partial charge in [-0.1, -0.05) is 13.0 Å². The third-order valence-electron chi connectivity index (χ3n) is 10.6. The Morgan fingerprint density at radius 1 is 1.10 bits per heavy atom. The van der Waals surface area contributed by atoms with E-state index in [4.69, 9.17) is 20.4 Å². The van der Waals surface area contributed by atoms with Gasteiger partial charge in [-0.25, -0.2) is 8.78 Å². The van der Waals surface area contributed by atoms with Crippen molar-refractivity contribution >= 4 is 28.2 Å². The van der Waals surface area contributed by atoms with Gasteiger partial charge in [0.25, 0.3) is 5.91 Å². The minimum Gasteiger partial charge on any atom is -0.508 e. The Labute approximate surface area is 277 Å². The van der Waals surface area contributed by atoms with Crippen molar-refractivity contribution in [3.05, 3.63) is 64.4 Å². The van der Waals surface area contributed by atoms with E-state index in [0.717, 1.165) is 65.0 Å². The third kappa shape index (κ3) is 5.28. The summed E-state index contributed by atoms with van der Waals surface area (Å²) in [5.41, 5.74) is 9.46. The zero-order valence-corrected chi connectivity index (χ0v) is 27.1. The Morgan fingerprint density at radius 3 is 2.81 bits per heavy atom. The SMILES string of the molecule is CCc1c(F)ccc2cc(O)cc(N3CCc4c(nc(OC[C@@]56CCCN5C[C@H](F)C6)nc4N4CCCn5nc(C(N)=O)cc5C4)C3)c12. The number of benzene rings is 2. The van der Waals surface area contributed by atoms with Crippen LogP contribution in [0, 0.1) is 5.82 Å². The van der Waals surface area contributed by atoms with Gasteiger partial charge in [0.15, 0.2) is 0 Å². The molecule has 8 rings (SSSR count). The second-order valence-electron chi connectivity index (χ2n) is 13.6. The number of amides is 1. The Balaban J connectivity index is 1.18. The molecular weight excluding hydrogens is 618 g/mol. The minimum atomic E-state index is -0.871. The molecule has 2 aromatic heterocycles. The summed E-state index contributed by atoms with van der Waals surface area (Å²) in [5, 5.41) is 16.7. The molecule has 1 amide bonds.